The molecular formula is C16H25Cl2N3O3. The second-order valence-corrected chi connectivity index (χ2v) is 6.41. The summed E-state index contributed by atoms with van der Waals surface area (Å²) in [5, 5.41) is 25.1. The van der Waals surface area contributed by atoms with Crippen LogP contribution in [0.5, 0.6) is 5.75 Å². The second kappa shape index (κ2) is 8.85. The first-order valence-corrected chi connectivity index (χ1v) is 7.99. The molecule has 2 aliphatic rings. The lowest BCUT2D eigenvalue weighted by atomic mass is 9.95. The molecule has 1 saturated carbocycles. The number of phenols is 1. The number of phenolic OH excluding ortho intramolecular Hbond substituents is 1. The smallest absolute Gasteiger partial charge is 0.313 e. The molecule has 0 unspecified atom stereocenters. The van der Waals surface area contributed by atoms with Gasteiger partial charge in [0.25, 0.3) is 0 Å². The maximum Gasteiger partial charge on any atom is 0.313 e. The van der Waals surface area contributed by atoms with Gasteiger partial charge in [0.1, 0.15) is 0 Å². The topological polar surface area (TPSA) is 78.6 Å². The summed E-state index contributed by atoms with van der Waals surface area (Å²) in [6.07, 6.45) is 3.45. The van der Waals surface area contributed by atoms with Crippen molar-refractivity contribution < 1.29 is 10.0 Å². The normalized spacial score (nSPS) is 19.0. The minimum absolute atomic E-state index is 0. The summed E-state index contributed by atoms with van der Waals surface area (Å²) in [6, 6.07) is 3.70. The lowest BCUT2D eigenvalue weighted by Crippen LogP contribution is -2.45. The number of nitro groups is 1. The fraction of sp³-hybridized carbons (Fsp3) is 0.625. The Labute approximate surface area is 154 Å². The first kappa shape index (κ1) is 21.0. The van der Waals surface area contributed by atoms with E-state index in [1.54, 1.807) is 13.0 Å². The van der Waals surface area contributed by atoms with Gasteiger partial charge < -0.3 is 10.4 Å². The molecule has 6 nitrogen and oxygen atoms in total. The van der Waals surface area contributed by atoms with E-state index in [1.807, 2.05) is 6.07 Å². The molecule has 3 rings (SSSR count). The van der Waals surface area contributed by atoms with Crippen LogP contribution in [0.3, 0.4) is 0 Å². The van der Waals surface area contributed by atoms with Gasteiger partial charge in [0.15, 0.2) is 5.75 Å². The fourth-order valence-electron chi connectivity index (χ4n) is 3.33. The molecule has 1 atom stereocenters. The molecular weight excluding hydrogens is 353 g/mol. The lowest BCUT2D eigenvalue weighted by Gasteiger charge is -2.35. The number of nitrogens with zero attached hydrogens (tertiary/aromatic N) is 2. The Morgan fingerprint density at radius 2 is 1.96 bits per heavy atom. The Kier molecular flexibility index (Phi) is 7.73. The number of piperazine rings is 1. The summed E-state index contributed by atoms with van der Waals surface area (Å²) in [4.78, 5) is 13.1. The molecule has 136 valence electrons. The number of benzene rings is 1. The molecule has 1 saturated heterocycles. The van der Waals surface area contributed by atoms with E-state index >= 15 is 0 Å². The van der Waals surface area contributed by atoms with Gasteiger partial charge in [-0.1, -0.05) is 25.0 Å². The molecule has 1 aliphatic carbocycles. The highest BCUT2D eigenvalue weighted by molar-refractivity contribution is 5.85. The van der Waals surface area contributed by atoms with Crippen molar-refractivity contribution in [3.8, 4) is 5.75 Å². The average Bonchev–Trinajstić information content (AvgIpc) is 3.30. The highest BCUT2D eigenvalue weighted by Gasteiger charge is 2.34. The standard InChI is InChI=1S/C16H23N3O3.2ClH/c1-11-2-5-13(16(20)15(11)19(21)22)14(10-12-3-4-12)18-8-6-17-7-9-18;;/h2,5,12,14,17,20H,3-4,6-10H2,1H3;2*1H/t14-;;/m0../s1. The van der Waals surface area contributed by atoms with Crippen molar-refractivity contribution >= 4 is 30.5 Å². The van der Waals surface area contributed by atoms with Gasteiger partial charge >= 0.3 is 5.69 Å². The number of halogens is 2. The maximum absolute atomic E-state index is 11.3. The van der Waals surface area contributed by atoms with Crippen LogP contribution in [-0.4, -0.2) is 41.1 Å². The van der Waals surface area contributed by atoms with Crippen LogP contribution < -0.4 is 5.32 Å². The van der Waals surface area contributed by atoms with E-state index in [2.05, 4.69) is 10.2 Å². The molecule has 1 aromatic carbocycles. The van der Waals surface area contributed by atoms with Gasteiger partial charge in [-0.15, -0.1) is 24.8 Å². The highest BCUT2D eigenvalue weighted by Crippen LogP contribution is 2.45. The molecule has 1 aromatic rings. The van der Waals surface area contributed by atoms with Crippen LogP contribution in [0.1, 0.15) is 36.4 Å². The molecule has 1 aliphatic heterocycles. The van der Waals surface area contributed by atoms with Crippen molar-refractivity contribution in [2.75, 3.05) is 26.2 Å². The minimum Gasteiger partial charge on any atom is -0.502 e. The van der Waals surface area contributed by atoms with Crippen LogP contribution in [0.2, 0.25) is 0 Å². The zero-order valence-electron chi connectivity index (χ0n) is 13.7. The van der Waals surface area contributed by atoms with Gasteiger partial charge in [-0.2, -0.15) is 0 Å². The third-order valence-corrected chi connectivity index (χ3v) is 4.77. The summed E-state index contributed by atoms with van der Waals surface area (Å²) < 4.78 is 0. The summed E-state index contributed by atoms with van der Waals surface area (Å²) in [5.74, 6) is 0.550. The quantitative estimate of drug-likeness (QED) is 0.608. The van der Waals surface area contributed by atoms with Crippen molar-refractivity contribution in [3.63, 3.8) is 0 Å². The third-order valence-electron chi connectivity index (χ3n) is 4.77. The molecule has 2 fully saturated rings. The molecule has 24 heavy (non-hydrogen) atoms. The van der Waals surface area contributed by atoms with E-state index in [9.17, 15) is 15.2 Å². The number of rotatable bonds is 5. The van der Waals surface area contributed by atoms with Crippen molar-refractivity contribution in [1.82, 2.24) is 10.2 Å². The first-order chi connectivity index (χ1) is 10.6. The summed E-state index contributed by atoms with van der Waals surface area (Å²) >= 11 is 0. The number of hydrogen-bond acceptors (Lipinski definition) is 5. The molecule has 8 heteroatoms. The fourth-order valence-corrected chi connectivity index (χ4v) is 3.33. The van der Waals surface area contributed by atoms with Crippen molar-refractivity contribution in [2.45, 2.75) is 32.2 Å². The van der Waals surface area contributed by atoms with E-state index in [-0.39, 0.29) is 42.3 Å². The van der Waals surface area contributed by atoms with E-state index in [0.717, 1.165) is 32.6 Å². The Bertz CT molecular complexity index is 576. The third kappa shape index (κ3) is 4.51. The number of hydrogen-bond donors (Lipinski definition) is 2. The molecule has 0 radical (unpaired) electrons. The van der Waals surface area contributed by atoms with Crippen LogP contribution in [0.25, 0.3) is 0 Å². The molecule has 0 amide bonds. The van der Waals surface area contributed by atoms with E-state index in [0.29, 0.717) is 17.0 Å². The Morgan fingerprint density at radius 3 is 2.50 bits per heavy atom. The van der Waals surface area contributed by atoms with E-state index in [4.69, 9.17) is 0 Å². The molecule has 1 heterocycles. The predicted octanol–water partition coefficient (Wildman–Crippen LogP) is 3.20. The number of aryl methyl sites for hydroxylation is 1. The minimum atomic E-state index is -0.472. The molecule has 2 N–H and O–H groups in total. The number of nitro benzene ring substituents is 1. The first-order valence-electron chi connectivity index (χ1n) is 7.99. The van der Waals surface area contributed by atoms with Gasteiger partial charge in [0.2, 0.25) is 0 Å². The molecule has 0 spiro atoms. The zero-order chi connectivity index (χ0) is 15.7. The van der Waals surface area contributed by atoms with Crippen molar-refractivity contribution in [3.05, 3.63) is 33.4 Å². The monoisotopic (exact) mass is 377 g/mol. The van der Waals surface area contributed by atoms with Crippen LogP contribution in [0, 0.1) is 23.0 Å². The van der Waals surface area contributed by atoms with Gasteiger partial charge in [-0.3, -0.25) is 15.0 Å². The largest absolute Gasteiger partial charge is 0.502 e. The summed E-state index contributed by atoms with van der Waals surface area (Å²) in [5.41, 5.74) is 1.08. The Balaban J connectivity index is 0.00000144. The summed E-state index contributed by atoms with van der Waals surface area (Å²) in [6.45, 7) is 5.35. The second-order valence-electron chi connectivity index (χ2n) is 6.41. The van der Waals surface area contributed by atoms with Crippen molar-refractivity contribution in [1.29, 1.82) is 0 Å². The molecule has 0 aromatic heterocycles. The van der Waals surface area contributed by atoms with Gasteiger partial charge in [0, 0.05) is 43.3 Å². The maximum atomic E-state index is 11.3. The Morgan fingerprint density at radius 1 is 1.33 bits per heavy atom. The average molecular weight is 378 g/mol. The number of nitrogens with one attached hydrogen (secondary N) is 1. The lowest BCUT2D eigenvalue weighted by molar-refractivity contribution is -0.386. The van der Waals surface area contributed by atoms with E-state index in [1.165, 1.54) is 12.8 Å². The predicted molar refractivity (Wildman–Crippen MR) is 98.5 cm³/mol. The van der Waals surface area contributed by atoms with Crippen LogP contribution in [-0.2, 0) is 0 Å². The zero-order valence-corrected chi connectivity index (χ0v) is 15.4. The van der Waals surface area contributed by atoms with Crippen LogP contribution in [0.4, 0.5) is 5.69 Å². The van der Waals surface area contributed by atoms with Gasteiger partial charge in [0.05, 0.1) is 4.92 Å². The highest BCUT2D eigenvalue weighted by atomic mass is 35.5. The molecule has 0 bridgehead atoms. The van der Waals surface area contributed by atoms with E-state index < -0.39 is 4.92 Å². The van der Waals surface area contributed by atoms with Crippen LogP contribution in [0.15, 0.2) is 12.1 Å². The Hall–Kier alpha value is -1.08. The van der Waals surface area contributed by atoms with Crippen molar-refractivity contribution in [2.24, 2.45) is 5.92 Å². The van der Waals surface area contributed by atoms with Gasteiger partial charge in [-0.05, 0) is 19.3 Å². The van der Waals surface area contributed by atoms with Gasteiger partial charge in [-0.25, -0.2) is 0 Å². The SMILES string of the molecule is Cc1ccc([C@H](CC2CC2)N2CCNCC2)c(O)c1[N+](=O)[O-].Cl.Cl. The number of aromatic hydroxyl groups is 1. The summed E-state index contributed by atoms with van der Waals surface area (Å²) in [7, 11) is 0. The van der Waals surface area contributed by atoms with Crippen LogP contribution >= 0.6 is 24.8 Å².